The van der Waals surface area contributed by atoms with Crippen LogP contribution < -0.4 is 4.90 Å². The molecule has 104 valence electrons. The molecule has 1 atom stereocenters. The van der Waals surface area contributed by atoms with E-state index in [1.807, 2.05) is 18.9 Å². The lowest BCUT2D eigenvalue weighted by Gasteiger charge is -2.22. The minimum Gasteiger partial charge on any atom is -0.380 e. The Balaban J connectivity index is 3.08. The molecule has 1 rings (SSSR count). The highest BCUT2D eigenvalue weighted by molar-refractivity contribution is 5.98. The van der Waals surface area contributed by atoms with Crippen molar-refractivity contribution in [3.05, 3.63) is 33.9 Å². The van der Waals surface area contributed by atoms with Gasteiger partial charge in [0.05, 0.1) is 16.6 Å². The van der Waals surface area contributed by atoms with Gasteiger partial charge in [0.25, 0.3) is 5.69 Å². The smallest absolute Gasteiger partial charge is 0.282 e. The number of hydrogen-bond acceptors (Lipinski definition) is 5. The summed E-state index contributed by atoms with van der Waals surface area (Å²) < 4.78 is 5.15. The molecule has 1 aromatic carbocycles. The van der Waals surface area contributed by atoms with Crippen LogP contribution in [-0.2, 0) is 4.74 Å². The number of carbonyl (C=O) groups is 1. The van der Waals surface area contributed by atoms with Crippen molar-refractivity contribution in [1.29, 1.82) is 0 Å². The summed E-state index contributed by atoms with van der Waals surface area (Å²) in [5.41, 5.74) is 0.643. The van der Waals surface area contributed by atoms with Crippen molar-refractivity contribution in [3.63, 3.8) is 0 Å². The fourth-order valence-electron chi connectivity index (χ4n) is 1.77. The summed E-state index contributed by atoms with van der Waals surface area (Å²) in [6.07, 6.45) is 0.0107. The third-order valence-corrected chi connectivity index (χ3v) is 2.93. The van der Waals surface area contributed by atoms with Gasteiger partial charge in [-0.05, 0) is 26.0 Å². The molecule has 6 nitrogen and oxygen atoms in total. The van der Waals surface area contributed by atoms with Gasteiger partial charge in [0.1, 0.15) is 0 Å². The molecule has 0 amide bonds. The van der Waals surface area contributed by atoms with Crippen LogP contribution in [0.5, 0.6) is 0 Å². The van der Waals surface area contributed by atoms with Crippen LogP contribution >= 0.6 is 0 Å². The molecule has 0 N–H and O–H groups in total. The largest absolute Gasteiger partial charge is 0.380 e. The molecule has 0 aliphatic heterocycles. The van der Waals surface area contributed by atoms with E-state index in [-0.39, 0.29) is 23.1 Å². The van der Waals surface area contributed by atoms with E-state index in [2.05, 4.69) is 0 Å². The number of methoxy groups -OCH3 is 1. The van der Waals surface area contributed by atoms with E-state index in [9.17, 15) is 14.9 Å². The van der Waals surface area contributed by atoms with Crippen LogP contribution in [0.2, 0.25) is 0 Å². The zero-order valence-electron chi connectivity index (χ0n) is 11.5. The molecule has 0 aromatic heterocycles. The highest BCUT2D eigenvalue weighted by Crippen LogP contribution is 2.25. The van der Waals surface area contributed by atoms with E-state index in [1.165, 1.54) is 19.1 Å². The Morgan fingerprint density at radius 1 is 1.53 bits per heavy atom. The number of likely N-dealkylation sites (N-methyl/N-ethyl adjacent to an activating group) is 1. The van der Waals surface area contributed by atoms with Crippen molar-refractivity contribution in [2.45, 2.75) is 20.0 Å². The van der Waals surface area contributed by atoms with Gasteiger partial charge in [-0.3, -0.25) is 14.9 Å². The van der Waals surface area contributed by atoms with Crippen molar-refractivity contribution in [3.8, 4) is 0 Å². The number of nitro benzene ring substituents is 1. The molecule has 0 saturated heterocycles. The molecule has 0 bridgehead atoms. The van der Waals surface area contributed by atoms with Crippen LogP contribution in [0.3, 0.4) is 0 Å². The van der Waals surface area contributed by atoms with E-state index in [0.29, 0.717) is 12.2 Å². The maximum Gasteiger partial charge on any atom is 0.282 e. The van der Waals surface area contributed by atoms with Gasteiger partial charge in [-0.25, -0.2) is 0 Å². The third kappa shape index (κ3) is 3.75. The summed E-state index contributed by atoms with van der Waals surface area (Å²) >= 11 is 0. The Kier molecular flexibility index (Phi) is 5.00. The van der Waals surface area contributed by atoms with E-state index in [1.54, 1.807) is 13.2 Å². The maximum absolute atomic E-state index is 11.3. The molecule has 0 aliphatic rings. The first-order valence-electron chi connectivity index (χ1n) is 5.90. The van der Waals surface area contributed by atoms with Crippen molar-refractivity contribution < 1.29 is 14.5 Å². The van der Waals surface area contributed by atoms with Crippen molar-refractivity contribution in [2.24, 2.45) is 0 Å². The maximum atomic E-state index is 11.3. The van der Waals surface area contributed by atoms with Crippen LogP contribution in [0.25, 0.3) is 0 Å². The second kappa shape index (κ2) is 6.29. The summed E-state index contributed by atoms with van der Waals surface area (Å²) in [5.74, 6) is -0.314. The molecule has 1 aromatic rings. The van der Waals surface area contributed by atoms with Gasteiger partial charge in [0, 0.05) is 32.5 Å². The number of rotatable bonds is 6. The Morgan fingerprint density at radius 2 is 2.16 bits per heavy atom. The quantitative estimate of drug-likeness (QED) is 0.448. The van der Waals surface area contributed by atoms with Gasteiger partial charge in [0.2, 0.25) is 0 Å². The number of nitro groups is 1. The first kappa shape index (κ1) is 15.1. The highest BCUT2D eigenvalue weighted by atomic mass is 16.6. The minimum absolute atomic E-state index is 0.0107. The number of ether oxygens (including phenoxy) is 1. The van der Waals surface area contributed by atoms with Crippen molar-refractivity contribution in [1.82, 2.24) is 0 Å². The highest BCUT2D eigenvalue weighted by Gasteiger charge is 2.19. The summed E-state index contributed by atoms with van der Waals surface area (Å²) in [7, 11) is 3.43. The molecule has 0 spiro atoms. The van der Waals surface area contributed by atoms with E-state index in [0.717, 1.165) is 0 Å². The van der Waals surface area contributed by atoms with Gasteiger partial charge >= 0.3 is 0 Å². The molecule has 19 heavy (non-hydrogen) atoms. The van der Waals surface area contributed by atoms with Gasteiger partial charge in [-0.2, -0.15) is 0 Å². The number of carbonyl (C=O) groups excluding carboxylic acids is 1. The molecular weight excluding hydrogens is 248 g/mol. The second-order valence-corrected chi connectivity index (χ2v) is 4.44. The summed E-state index contributed by atoms with van der Waals surface area (Å²) in [5, 5.41) is 11.0. The molecule has 6 heteroatoms. The number of anilines is 1. The Morgan fingerprint density at radius 3 is 2.63 bits per heavy atom. The Hall–Kier alpha value is -1.95. The molecule has 0 aliphatic carbocycles. The van der Waals surface area contributed by atoms with Crippen LogP contribution in [0.15, 0.2) is 18.2 Å². The van der Waals surface area contributed by atoms with Crippen LogP contribution in [0.4, 0.5) is 11.4 Å². The third-order valence-electron chi connectivity index (χ3n) is 2.93. The molecular formula is C13H18N2O4. The fraction of sp³-hybridized carbons (Fsp3) is 0.462. The number of ketones is 1. The SMILES string of the molecule is COC(C)CN(C)c1ccc(C(C)=O)c([N+](=O)[O-])c1. The lowest BCUT2D eigenvalue weighted by Crippen LogP contribution is -2.28. The predicted octanol–water partition coefficient (Wildman–Crippen LogP) is 2.27. The molecule has 0 fully saturated rings. The summed E-state index contributed by atoms with van der Waals surface area (Å²) in [6.45, 7) is 3.83. The average molecular weight is 266 g/mol. The standard InChI is InChI=1S/C13H18N2O4/c1-9(19-4)8-14(3)11-5-6-12(10(2)16)13(7-11)15(17)18/h5-7,9H,8H2,1-4H3. The predicted molar refractivity (Wildman–Crippen MR) is 72.8 cm³/mol. The van der Waals surface area contributed by atoms with Gasteiger partial charge < -0.3 is 9.64 Å². The first-order chi connectivity index (χ1) is 8.86. The van der Waals surface area contributed by atoms with Crippen molar-refractivity contribution >= 4 is 17.2 Å². The van der Waals surface area contributed by atoms with Gasteiger partial charge in [-0.15, -0.1) is 0 Å². The second-order valence-electron chi connectivity index (χ2n) is 4.44. The minimum atomic E-state index is -0.534. The zero-order valence-corrected chi connectivity index (χ0v) is 11.5. The Labute approximate surface area is 112 Å². The average Bonchev–Trinajstić information content (AvgIpc) is 2.37. The molecule has 1 unspecified atom stereocenters. The van der Waals surface area contributed by atoms with Gasteiger partial charge in [-0.1, -0.05) is 0 Å². The number of benzene rings is 1. The van der Waals surface area contributed by atoms with Crippen LogP contribution in [-0.4, -0.2) is 37.5 Å². The normalized spacial score (nSPS) is 12.0. The molecule has 0 heterocycles. The summed E-state index contributed by atoms with van der Waals surface area (Å²) in [4.78, 5) is 23.6. The lowest BCUT2D eigenvalue weighted by atomic mass is 10.1. The Bertz CT molecular complexity index is 488. The lowest BCUT2D eigenvalue weighted by molar-refractivity contribution is -0.385. The number of hydrogen-bond donors (Lipinski definition) is 0. The molecule has 0 radical (unpaired) electrons. The van der Waals surface area contributed by atoms with Gasteiger partial charge in [0.15, 0.2) is 5.78 Å². The van der Waals surface area contributed by atoms with E-state index in [4.69, 9.17) is 4.74 Å². The monoisotopic (exact) mass is 266 g/mol. The first-order valence-corrected chi connectivity index (χ1v) is 5.90. The summed E-state index contributed by atoms with van der Waals surface area (Å²) in [6, 6.07) is 4.61. The van der Waals surface area contributed by atoms with Crippen LogP contribution in [0.1, 0.15) is 24.2 Å². The zero-order chi connectivity index (χ0) is 14.6. The number of Topliss-reactive ketones (excluding diaryl/α,β-unsaturated/α-hetero) is 1. The van der Waals surface area contributed by atoms with Crippen molar-refractivity contribution in [2.75, 3.05) is 25.6 Å². The van der Waals surface area contributed by atoms with E-state index >= 15 is 0 Å². The van der Waals surface area contributed by atoms with E-state index < -0.39 is 4.92 Å². The molecule has 0 saturated carbocycles. The van der Waals surface area contributed by atoms with Crippen LogP contribution in [0, 0.1) is 10.1 Å². The number of nitrogens with zero attached hydrogens (tertiary/aromatic N) is 2. The fourth-order valence-corrected chi connectivity index (χ4v) is 1.77. The topological polar surface area (TPSA) is 72.7 Å².